The van der Waals surface area contributed by atoms with Gasteiger partial charge in [0.05, 0.1) is 0 Å². The van der Waals surface area contributed by atoms with Crippen molar-refractivity contribution in [2.24, 2.45) is 5.73 Å². The van der Waals surface area contributed by atoms with Crippen LogP contribution in [0.25, 0.3) is 0 Å². The molecule has 3 amide bonds. The minimum absolute atomic E-state index is 0.316. The summed E-state index contributed by atoms with van der Waals surface area (Å²) in [5.74, 6) is -1.66. The maximum atomic E-state index is 11.8. The van der Waals surface area contributed by atoms with Crippen LogP contribution in [0.15, 0.2) is 24.3 Å². The minimum atomic E-state index is -1.33. The molecule has 1 aromatic carbocycles. The van der Waals surface area contributed by atoms with Gasteiger partial charge in [0.2, 0.25) is 5.91 Å². The third-order valence-corrected chi connectivity index (χ3v) is 3.04. The Kier molecular flexibility index (Phi) is 5.29. The van der Waals surface area contributed by atoms with E-state index in [2.05, 4.69) is 10.6 Å². The number of benzene rings is 1. The van der Waals surface area contributed by atoms with E-state index >= 15 is 0 Å². The molecule has 1 atom stereocenters. The Morgan fingerprint density at radius 1 is 1.24 bits per heavy atom. The molecule has 21 heavy (non-hydrogen) atoms. The van der Waals surface area contributed by atoms with E-state index in [1.807, 2.05) is 6.92 Å². The normalized spacial score (nSPS) is 13.0. The third-order valence-electron chi connectivity index (χ3n) is 3.04. The molecule has 0 heterocycles. The van der Waals surface area contributed by atoms with Crippen molar-refractivity contribution in [2.75, 3.05) is 5.32 Å². The number of rotatable bonds is 6. The van der Waals surface area contributed by atoms with Crippen molar-refractivity contribution in [3.05, 3.63) is 29.8 Å². The maximum absolute atomic E-state index is 11.8. The molecule has 0 saturated heterocycles. The Bertz CT molecular complexity index is 542. The van der Waals surface area contributed by atoms with Gasteiger partial charge in [-0.15, -0.1) is 0 Å². The molecule has 0 radical (unpaired) electrons. The van der Waals surface area contributed by atoms with Crippen LogP contribution in [0.3, 0.4) is 0 Å². The fraction of sp³-hybridized carbons (Fsp3) is 0.357. The summed E-state index contributed by atoms with van der Waals surface area (Å²) in [7, 11) is 0. The first-order valence-electron chi connectivity index (χ1n) is 6.51. The number of amides is 3. The summed E-state index contributed by atoms with van der Waals surface area (Å²) in [5, 5.41) is 14.1. The number of anilines is 1. The van der Waals surface area contributed by atoms with Gasteiger partial charge in [0, 0.05) is 11.3 Å². The van der Waals surface area contributed by atoms with Crippen molar-refractivity contribution in [1.29, 1.82) is 0 Å². The molecule has 0 aliphatic heterocycles. The maximum Gasteiger partial charge on any atom is 0.329 e. The van der Waals surface area contributed by atoms with Gasteiger partial charge in [-0.3, -0.25) is 4.79 Å². The van der Waals surface area contributed by atoms with E-state index in [1.165, 1.54) is 31.2 Å². The number of hydrogen-bond donors (Lipinski definition) is 4. The van der Waals surface area contributed by atoms with Gasteiger partial charge in [0.15, 0.2) is 0 Å². The number of primary amides is 1. The van der Waals surface area contributed by atoms with E-state index in [1.54, 1.807) is 0 Å². The highest BCUT2D eigenvalue weighted by Crippen LogP contribution is 2.14. The van der Waals surface area contributed by atoms with Crippen LogP contribution in [0.1, 0.15) is 37.0 Å². The van der Waals surface area contributed by atoms with Gasteiger partial charge in [-0.2, -0.15) is 0 Å². The summed E-state index contributed by atoms with van der Waals surface area (Å²) < 4.78 is 0. The average Bonchev–Trinajstić information content (AvgIpc) is 2.39. The van der Waals surface area contributed by atoms with Crippen LogP contribution in [-0.4, -0.2) is 28.6 Å². The lowest BCUT2D eigenvalue weighted by Crippen LogP contribution is -2.53. The predicted molar refractivity (Wildman–Crippen MR) is 78.1 cm³/mol. The van der Waals surface area contributed by atoms with Gasteiger partial charge in [0.1, 0.15) is 5.54 Å². The van der Waals surface area contributed by atoms with E-state index in [0.29, 0.717) is 24.1 Å². The Labute approximate surface area is 122 Å². The summed E-state index contributed by atoms with van der Waals surface area (Å²) in [4.78, 5) is 34.0. The van der Waals surface area contributed by atoms with Crippen molar-refractivity contribution in [3.63, 3.8) is 0 Å². The highest BCUT2D eigenvalue weighted by molar-refractivity contribution is 5.95. The topological polar surface area (TPSA) is 122 Å². The van der Waals surface area contributed by atoms with Crippen molar-refractivity contribution in [3.8, 4) is 0 Å². The smallest absolute Gasteiger partial charge is 0.329 e. The van der Waals surface area contributed by atoms with Gasteiger partial charge in [-0.1, -0.05) is 13.3 Å². The SMILES string of the molecule is CCCC(C)(NC(=O)Nc1ccc(C(N)=O)cc1)C(=O)O. The van der Waals surface area contributed by atoms with E-state index in [4.69, 9.17) is 5.73 Å². The number of nitrogens with one attached hydrogen (secondary N) is 2. The number of nitrogens with two attached hydrogens (primary N) is 1. The predicted octanol–water partition coefficient (Wildman–Crippen LogP) is 1.55. The highest BCUT2D eigenvalue weighted by atomic mass is 16.4. The van der Waals surface area contributed by atoms with E-state index in [9.17, 15) is 19.5 Å². The van der Waals surface area contributed by atoms with Crippen LogP contribution in [0.2, 0.25) is 0 Å². The zero-order valence-corrected chi connectivity index (χ0v) is 12.0. The molecule has 0 saturated carbocycles. The summed E-state index contributed by atoms with van der Waals surface area (Å²) >= 11 is 0. The second-order valence-electron chi connectivity index (χ2n) is 4.91. The third kappa shape index (κ3) is 4.48. The molecule has 114 valence electrons. The van der Waals surface area contributed by atoms with Gasteiger partial charge >= 0.3 is 12.0 Å². The fourth-order valence-electron chi connectivity index (χ4n) is 1.85. The quantitative estimate of drug-likeness (QED) is 0.635. The molecular formula is C14H19N3O4. The summed E-state index contributed by atoms with van der Waals surface area (Å²) in [6, 6.07) is 5.34. The summed E-state index contributed by atoms with van der Waals surface area (Å²) in [5.41, 5.74) is 4.54. The van der Waals surface area contributed by atoms with Crippen LogP contribution in [0.5, 0.6) is 0 Å². The van der Waals surface area contributed by atoms with Crippen LogP contribution in [0.4, 0.5) is 10.5 Å². The fourth-order valence-corrected chi connectivity index (χ4v) is 1.85. The van der Waals surface area contributed by atoms with Crippen molar-refractivity contribution < 1.29 is 19.5 Å². The van der Waals surface area contributed by atoms with Crippen LogP contribution >= 0.6 is 0 Å². The van der Waals surface area contributed by atoms with Gasteiger partial charge in [-0.05, 0) is 37.6 Å². The molecule has 1 unspecified atom stereocenters. The number of urea groups is 1. The lowest BCUT2D eigenvalue weighted by molar-refractivity contribution is -0.143. The number of carboxylic acids is 1. The molecule has 0 fully saturated rings. The highest BCUT2D eigenvalue weighted by Gasteiger charge is 2.33. The Morgan fingerprint density at radius 2 is 1.81 bits per heavy atom. The first kappa shape index (κ1) is 16.5. The number of carbonyl (C=O) groups excluding carboxylic acids is 2. The van der Waals surface area contributed by atoms with E-state index in [0.717, 1.165) is 0 Å². The molecule has 0 aromatic heterocycles. The van der Waals surface area contributed by atoms with Gasteiger partial charge in [-0.25, -0.2) is 9.59 Å². The molecule has 1 rings (SSSR count). The monoisotopic (exact) mass is 293 g/mol. The first-order valence-corrected chi connectivity index (χ1v) is 6.51. The lowest BCUT2D eigenvalue weighted by atomic mass is 9.97. The first-order chi connectivity index (χ1) is 9.78. The van der Waals surface area contributed by atoms with Crippen molar-refractivity contribution >= 4 is 23.6 Å². The second kappa shape index (κ2) is 6.74. The van der Waals surface area contributed by atoms with E-state index in [-0.39, 0.29) is 0 Å². The second-order valence-corrected chi connectivity index (χ2v) is 4.91. The molecular weight excluding hydrogens is 274 g/mol. The zero-order chi connectivity index (χ0) is 16.0. The van der Waals surface area contributed by atoms with Gasteiger partial charge < -0.3 is 21.5 Å². The summed E-state index contributed by atoms with van der Waals surface area (Å²) in [6.07, 6.45) is 0.937. The molecule has 0 bridgehead atoms. The largest absolute Gasteiger partial charge is 0.480 e. The number of aliphatic carboxylic acids is 1. The van der Waals surface area contributed by atoms with Crippen molar-refractivity contribution in [1.82, 2.24) is 5.32 Å². The van der Waals surface area contributed by atoms with Crippen LogP contribution in [0, 0.1) is 0 Å². The number of carbonyl (C=O) groups is 3. The summed E-state index contributed by atoms with van der Waals surface area (Å²) in [6.45, 7) is 3.29. The molecule has 5 N–H and O–H groups in total. The molecule has 7 nitrogen and oxygen atoms in total. The number of hydrogen-bond acceptors (Lipinski definition) is 3. The van der Waals surface area contributed by atoms with E-state index < -0.39 is 23.4 Å². The van der Waals surface area contributed by atoms with Gasteiger partial charge in [0.25, 0.3) is 0 Å². The average molecular weight is 293 g/mol. The Hall–Kier alpha value is -2.57. The number of carboxylic acid groups (broad SMARTS) is 1. The van der Waals surface area contributed by atoms with Crippen molar-refractivity contribution in [2.45, 2.75) is 32.2 Å². The molecule has 1 aromatic rings. The molecule has 7 heteroatoms. The molecule has 0 aliphatic carbocycles. The Balaban J connectivity index is 2.72. The molecule has 0 spiro atoms. The van der Waals surface area contributed by atoms with Crippen LogP contribution < -0.4 is 16.4 Å². The van der Waals surface area contributed by atoms with Crippen LogP contribution in [-0.2, 0) is 4.79 Å². The molecule has 0 aliphatic rings. The Morgan fingerprint density at radius 3 is 2.24 bits per heavy atom. The minimum Gasteiger partial charge on any atom is -0.480 e. The zero-order valence-electron chi connectivity index (χ0n) is 12.0. The standard InChI is InChI=1S/C14H19N3O4/c1-3-8-14(2,12(19)20)17-13(21)16-10-6-4-9(5-7-10)11(15)18/h4-7H,3,8H2,1-2H3,(H2,15,18)(H,19,20)(H2,16,17,21). The lowest BCUT2D eigenvalue weighted by Gasteiger charge is -2.25.